The zero-order chi connectivity index (χ0) is 23.6. The summed E-state index contributed by atoms with van der Waals surface area (Å²) in [5.74, 6) is 1.23. The van der Waals surface area contributed by atoms with E-state index in [0.717, 1.165) is 43.1 Å². The van der Waals surface area contributed by atoms with Crippen molar-refractivity contribution in [2.45, 2.75) is 83.6 Å². The van der Waals surface area contributed by atoms with Crippen LogP contribution in [0, 0.1) is 23.7 Å². The molecule has 1 N–H and O–H groups in total. The maximum absolute atomic E-state index is 12.9. The van der Waals surface area contributed by atoms with Crippen LogP contribution in [-0.2, 0) is 30.4 Å². The fourth-order valence-electron chi connectivity index (χ4n) is 5.91. The highest BCUT2D eigenvalue weighted by Crippen LogP contribution is 2.54. The fraction of sp³-hybridized carbons (Fsp3) is 0.654. The number of ether oxygens (including phenoxy) is 3. The van der Waals surface area contributed by atoms with E-state index in [4.69, 9.17) is 14.2 Å². The summed E-state index contributed by atoms with van der Waals surface area (Å²) in [6, 6.07) is 8.07. The normalized spacial score (nSPS) is 28.6. The molecule has 0 aromatic heterocycles. The van der Waals surface area contributed by atoms with Crippen LogP contribution in [0.4, 0.5) is 4.79 Å². The van der Waals surface area contributed by atoms with E-state index in [9.17, 15) is 14.4 Å². The number of carbonyl (C=O) groups excluding carboxylic acids is 3. The number of hydrogen-bond acceptors (Lipinski definition) is 6. The van der Waals surface area contributed by atoms with E-state index in [1.54, 1.807) is 20.8 Å². The van der Waals surface area contributed by atoms with Gasteiger partial charge in [0.1, 0.15) is 24.4 Å². The molecule has 4 fully saturated rings. The van der Waals surface area contributed by atoms with Gasteiger partial charge in [0.15, 0.2) is 0 Å². The lowest BCUT2D eigenvalue weighted by Gasteiger charge is -2.53. The first-order chi connectivity index (χ1) is 15.7. The summed E-state index contributed by atoms with van der Waals surface area (Å²) in [4.78, 5) is 38.0. The first-order valence-electron chi connectivity index (χ1n) is 12.1. The van der Waals surface area contributed by atoms with Crippen molar-refractivity contribution in [2.24, 2.45) is 23.7 Å². The lowest BCUT2D eigenvalue weighted by molar-refractivity contribution is -0.173. The molecule has 1 aromatic rings. The Labute approximate surface area is 195 Å². The Morgan fingerprint density at radius 1 is 0.970 bits per heavy atom. The minimum absolute atomic E-state index is 0.0524. The molecule has 0 unspecified atom stereocenters. The average Bonchev–Trinajstić information content (AvgIpc) is 2.73. The summed E-state index contributed by atoms with van der Waals surface area (Å²) in [7, 11) is 0. The molecule has 0 aliphatic heterocycles. The number of rotatable bonds is 7. The molecule has 1 aromatic carbocycles. The third-order valence-corrected chi connectivity index (χ3v) is 6.98. The van der Waals surface area contributed by atoms with Gasteiger partial charge < -0.3 is 19.5 Å². The molecule has 180 valence electrons. The van der Waals surface area contributed by atoms with Gasteiger partial charge >= 0.3 is 18.0 Å². The second-order valence-electron chi connectivity index (χ2n) is 10.9. The van der Waals surface area contributed by atoms with Crippen molar-refractivity contribution in [3.05, 3.63) is 35.9 Å². The maximum Gasteiger partial charge on any atom is 0.408 e. The summed E-state index contributed by atoms with van der Waals surface area (Å²) in [5.41, 5.74) is 0.0850. The molecule has 1 amide bonds. The summed E-state index contributed by atoms with van der Waals surface area (Å²) < 4.78 is 16.6. The standard InChI is InChI=1S/C26H35NO6/c1-26(2,3)33-25(30)27-21(24(29)31-15-16-7-5-4-6-8-16)14-22(28)32-23-19-10-17-9-18(12-19)13-20(23)11-17/h4-8,17-21,23H,9-15H2,1-3H3,(H,27,30)/t17?,18?,19?,20?,21-,23?/m0/s1. The Hall–Kier alpha value is -2.57. The Bertz CT molecular complexity index is 833. The Morgan fingerprint density at radius 2 is 1.58 bits per heavy atom. The monoisotopic (exact) mass is 457 g/mol. The van der Waals surface area contributed by atoms with Crippen molar-refractivity contribution < 1.29 is 28.6 Å². The van der Waals surface area contributed by atoms with Gasteiger partial charge in [-0.2, -0.15) is 0 Å². The SMILES string of the molecule is CC(C)(C)OC(=O)N[C@@H](CC(=O)OC1C2CC3CC(C2)CC1C3)C(=O)OCc1ccccc1. The molecule has 7 heteroatoms. The highest BCUT2D eigenvalue weighted by Gasteiger charge is 2.50. The molecule has 0 radical (unpaired) electrons. The molecule has 4 saturated carbocycles. The van der Waals surface area contributed by atoms with E-state index in [-0.39, 0.29) is 19.1 Å². The van der Waals surface area contributed by atoms with Crippen LogP contribution in [0.25, 0.3) is 0 Å². The Kier molecular flexibility index (Phi) is 6.96. The molecular weight excluding hydrogens is 422 g/mol. The van der Waals surface area contributed by atoms with E-state index < -0.39 is 29.7 Å². The Morgan fingerprint density at radius 3 is 2.15 bits per heavy atom. The fourth-order valence-corrected chi connectivity index (χ4v) is 5.91. The molecule has 0 heterocycles. The van der Waals surface area contributed by atoms with E-state index in [1.807, 2.05) is 30.3 Å². The van der Waals surface area contributed by atoms with Gasteiger partial charge in [0.25, 0.3) is 0 Å². The van der Waals surface area contributed by atoms with Crippen molar-refractivity contribution >= 4 is 18.0 Å². The van der Waals surface area contributed by atoms with Crippen LogP contribution in [0.1, 0.15) is 64.9 Å². The highest BCUT2D eigenvalue weighted by atomic mass is 16.6. The van der Waals surface area contributed by atoms with Crippen molar-refractivity contribution in [2.75, 3.05) is 0 Å². The molecule has 7 nitrogen and oxygen atoms in total. The molecule has 4 bridgehead atoms. The molecular formula is C26H35NO6. The van der Waals surface area contributed by atoms with Gasteiger partial charge in [0.2, 0.25) is 0 Å². The zero-order valence-electron chi connectivity index (χ0n) is 19.8. The summed E-state index contributed by atoms with van der Waals surface area (Å²) in [6.07, 6.45) is 4.71. The van der Waals surface area contributed by atoms with Gasteiger partial charge in [0, 0.05) is 0 Å². The quantitative estimate of drug-likeness (QED) is 0.483. The number of amides is 1. The second-order valence-corrected chi connectivity index (χ2v) is 10.9. The summed E-state index contributed by atoms with van der Waals surface area (Å²) in [5, 5.41) is 2.51. The van der Waals surface area contributed by atoms with Crippen molar-refractivity contribution in [1.29, 1.82) is 0 Å². The molecule has 33 heavy (non-hydrogen) atoms. The second kappa shape index (κ2) is 9.74. The van der Waals surface area contributed by atoms with E-state index in [2.05, 4.69) is 5.32 Å². The number of hydrogen-bond donors (Lipinski definition) is 1. The van der Waals surface area contributed by atoms with Crippen LogP contribution >= 0.6 is 0 Å². The van der Waals surface area contributed by atoms with Gasteiger partial charge in [-0.15, -0.1) is 0 Å². The molecule has 0 spiro atoms. The smallest absolute Gasteiger partial charge is 0.408 e. The number of carbonyl (C=O) groups is 3. The van der Waals surface area contributed by atoms with Crippen LogP contribution in [0.15, 0.2) is 30.3 Å². The predicted molar refractivity (Wildman–Crippen MR) is 121 cm³/mol. The lowest BCUT2D eigenvalue weighted by atomic mass is 9.55. The molecule has 5 rings (SSSR count). The zero-order valence-corrected chi connectivity index (χ0v) is 19.8. The Balaban J connectivity index is 1.37. The minimum Gasteiger partial charge on any atom is -0.462 e. The topological polar surface area (TPSA) is 90.9 Å². The summed E-state index contributed by atoms with van der Waals surface area (Å²) in [6.45, 7) is 5.25. The van der Waals surface area contributed by atoms with Gasteiger partial charge in [-0.1, -0.05) is 30.3 Å². The van der Waals surface area contributed by atoms with Crippen LogP contribution in [0.2, 0.25) is 0 Å². The predicted octanol–water partition coefficient (Wildman–Crippen LogP) is 4.38. The van der Waals surface area contributed by atoms with Gasteiger partial charge in [0.05, 0.1) is 6.42 Å². The van der Waals surface area contributed by atoms with Crippen molar-refractivity contribution in [1.82, 2.24) is 5.32 Å². The third-order valence-electron chi connectivity index (χ3n) is 6.98. The number of nitrogens with one attached hydrogen (secondary N) is 1. The molecule has 4 aliphatic rings. The van der Waals surface area contributed by atoms with Crippen LogP contribution < -0.4 is 5.32 Å². The van der Waals surface area contributed by atoms with Crippen LogP contribution in [0.5, 0.6) is 0 Å². The first kappa shape index (κ1) is 23.6. The largest absolute Gasteiger partial charge is 0.462 e. The van der Waals surface area contributed by atoms with Crippen LogP contribution in [0.3, 0.4) is 0 Å². The van der Waals surface area contributed by atoms with Gasteiger partial charge in [-0.3, -0.25) is 4.79 Å². The van der Waals surface area contributed by atoms with E-state index in [0.29, 0.717) is 11.8 Å². The van der Waals surface area contributed by atoms with Crippen molar-refractivity contribution in [3.8, 4) is 0 Å². The van der Waals surface area contributed by atoms with E-state index >= 15 is 0 Å². The number of esters is 2. The van der Waals surface area contributed by atoms with Gasteiger partial charge in [-0.25, -0.2) is 9.59 Å². The van der Waals surface area contributed by atoms with E-state index in [1.165, 1.54) is 6.42 Å². The first-order valence-corrected chi connectivity index (χ1v) is 12.1. The third kappa shape index (κ3) is 6.27. The molecule has 1 atom stereocenters. The minimum atomic E-state index is -1.17. The highest BCUT2D eigenvalue weighted by molar-refractivity contribution is 5.86. The summed E-state index contributed by atoms with van der Waals surface area (Å²) >= 11 is 0. The molecule has 0 saturated heterocycles. The van der Waals surface area contributed by atoms with Gasteiger partial charge in [-0.05, 0) is 82.1 Å². The van der Waals surface area contributed by atoms with Crippen LogP contribution in [-0.4, -0.2) is 35.8 Å². The molecule has 4 aliphatic carbocycles. The average molecular weight is 458 g/mol. The lowest BCUT2D eigenvalue weighted by Crippen LogP contribution is -2.51. The maximum atomic E-state index is 12.9. The number of benzene rings is 1. The number of alkyl carbamates (subject to hydrolysis) is 1. The van der Waals surface area contributed by atoms with Crippen molar-refractivity contribution in [3.63, 3.8) is 0 Å².